The number of nitrogens with zero attached hydrogens (tertiary/aromatic N) is 3. The molecule has 2 aromatic carbocycles. The second-order valence-electron chi connectivity index (χ2n) is 17.4. The fraction of sp³-hybridized carbons (Fsp3) is 0.547. The number of carboxylic acid groups (broad SMARTS) is 1. The minimum atomic E-state index is -0.999. The van der Waals surface area contributed by atoms with E-state index in [1.54, 1.807) is 25.6 Å². The van der Waals surface area contributed by atoms with E-state index in [9.17, 15) is 13.8 Å². The standard InChI is InChI=1S/C17H19N3O2S.C17H33N3O2.C14H22N2OS.C2H4O.C2H6.CH2O2/c1-10(2)18-17-20-15(9-23-17)14-8-16(22-4)12-6-5-11(21-3)7-13(12)19-14;1-4-5-6-7-8-10-15(2)16(3)19-11-9-12-20-17(22)13-18-14-21;1-14(2,3)13(15-4)10-16-9-11-7-5-6-8-12(11)18(16)17;1-2-3;1-2;2-1-3/h5-10H,1-4H3,(H,18,20);8,10,14-16,19H,4-7,9,11-13H2,1-3H3,(H,18,21)(H,20,22);5-8,13,15H,9-10H2,1-4H3;2H,1H3;1-2H3;1H,(H,2,3)/b;10-8-;;;;. The first-order chi connectivity index (χ1) is 34.0. The summed E-state index contributed by atoms with van der Waals surface area (Å²) in [5, 5.41) is 26.0. The smallest absolute Gasteiger partial charge is 0.290 e. The molecule has 398 valence electrons. The lowest BCUT2D eigenvalue weighted by atomic mass is 9.87. The Morgan fingerprint density at radius 1 is 0.958 bits per heavy atom. The molecule has 4 atom stereocenters. The van der Waals surface area contributed by atoms with Crippen molar-refractivity contribution in [2.24, 2.45) is 11.3 Å². The number of benzene rings is 2. The number of pyridine rings is 1. The van der Waals surface area contributed by atoms with Gasteiger partial charge >= 0.3 is 0 Å². The number of hydrogen-bond acceptors (Lipinski definition) is 13. The number of unbranched alkanes of at least 4 members (excludes halogenated alkanes) is 3. The Kier molecular flexibility index (Phi) is 35.6. The van der Waals surface area contributed by atoms with Gasteiger partial charge in [-0.2, -0.15) is 0 Å². The lowest BCUT2D eigenvalue weighted by molar-refractivity contribution is -0.123. The fourth-order valence-electron chi connectivity index (χ4n) is 6.65. The molecule has 0 radical (unpaired) electrons. The number of nitrogens with one attached hydrogen (secondary N) is 5. The van der Waals surface area contributed by atoms with Crippen molar-refractivity contribution in [2.75, 3.05) is 52.8 Å². The van der Waals surface area contributed by atoms with Crippen LogP contribution < -0.4 is 36.1 Å². The Morgan fingerprint density at radius 2 is 1.63 bits per heavy atom. The van der Waals surface area contributed by atoms with Crippen LogP contribution in [0.1, 0.15) is 114 Å². The zero-order valence-electron chi connectivity index (χ0n) is 44.9. The number of amides is 2. The van der Waals surface area contributed by atoms with Gasteiger partial charge in [-0.05, 0) is 95.6 Å². The van der Waals surface area contributed by atoms with Gasteiger partial charge in [0.1, 0.15) is 34.5 Å². The van der Waals surface area contributed by atoms with E-state index >= 15 is 0 Å². The third-order valence-electron chi connectivity index (χ3n) is 10.6. The third kappa shape index (κ3) is 26.1. The summed E-state index contributed by atoms with van der Waals surface area (Å²) in [5.74, 6) is 1.90. The number of aromatic nitrogens is 2. The van der Waals surface area contributed by atoms with Crippen molar-refractivity contribution in [1.29, 1.82) is 0 Å². The summed E-state index contributed by atoms with van der Waals surface area (Å²) in [4.78, 5) is 48.7. The second kappa shape index (κ2) is 38.4. The molecule has 0 fully saturated rings. The van der Waals surface area contributed by atoms with Crippen LogP contribution in [0.15, 0.2) is 71.0 Å². The number of methoxy groups -OCH3 is 2. The van der Waals surface area contributed by atoms with Crippen LogP contribution >= 0.6 is 11.3 Å². The molecular weight excluding hydrogens is 941 g/mol. The monoisotopic (exact) mass is 1030 g/mol. The predicted molar refractivity (Wildman–Crippen MR) is 294 cm³/mol. The van der Waals surface area contributed by atoms with E-state index in [4.69, 9.17) is 29.2 Å². The van der Waals surface area contributed by atoms with E-state index in [0.717, 1.165) is 76.2 Å². The van der Waals surface area contributed by atoms with Crippen LogP contribution in [0.5, 0.6) is 11.5 Å². The van der Waals surface area contributed by atoms with Gasteiger partial charge in [-0.25, -0.2) is 18.5 Å². The first kappa shape index (κ1) is 65.7. The Morgan fingerprint density at radius 3 is 2.21 bits per heavy atom. The summed E-state index contributed by atoms with van der Waals surface area (Å²) in [6, 6.07) is 16.8. The molecule has 4 unspecified atom stereocenters. The van der Waals surface area contributed by atoms with Gasteiger partial charge < -0.3 is 46.0 Å². The van der Waals surface area contributed by atoms with E-state index in [1.807, 2.05) is 68.7 Å². The Balaban J connectivity index is 0.000000967. The largest absolute Gasteiger partial charge is 0.497 e. The number of carbonyl (C=O) groups is 4. The van der Waals surface area contributed by atoms with Crippen molar-refractivity contribution in [2.45, 2.75) is 138 Å². The van der Waals surface area contributed by atoms with Gasteiger partial charge in [0.15, 0.2) is 5.13 Å². The van der Waals surface area contributed by atoms with Gasteiger partial charge in [-0.1, -0.05) is 91.7 Å². The van der Waals surface area contributed by atoms with E-state index in [-0.39, 0.29) is 24.3 Å². The molecule has 3 heterocycles. The average Bonchev–Trinajstić information content (AvgIpc) is 3.95. The Labute approximate surface area is 431 Å². The molecule has 0 saturated carbocycles. The maximum Gasteiger partial charge on any atom is 0.290 e. The number of allylic oxidation sites excluding steroid dienone is 1. The predicted octanol–water partition coefficient (Wildman–Crippen LogP) is 9.28. The minimum Gasteiger partial charge on any atom is -0.497 e. The van der Waals surface area contributed by atoms with Gasteiger partial charge in [0.2, 0.25) is 12.3 Å². The van der Waals surface area contributed by atoms with Gasteiger partial charge in [-0.3, -0.25) is 14.4 Å². The molecule has 5 rings (SSSR count). The zero-order valence-corrected chi connectivity index (χ0v) is 46.6. The summed E-state index contributed by atoms with van der Waals surface area (Å²) in [5.41, 5.74) is 3.80. The van der Waals surface area contributed by atoms with Crippen molar-refractivity contribution < 1.29 is 38.0 Å². The maximum atomic E-state index is 12.4. The molecule has 0 aliphatic carbocycles. The number of aldehydes is 1. The normalized spacial score (nSPS) is 13.8. The van der Waals surface area contributed by atoms with E-state index < -0.39 is 11.0 Å². The maximum absolute atomic E-state index is 12.4. The van der Waals surface area contributed by atoms with E-state index in [2.05, 4.69) is 109 Å². The molecule has 1 aliphatic heterocycles. The number of rotatable bonds is 22. The Bertz CT molecular complexity index is 2140. The van der Waals surface area contributed by atoms with Crippen LogP contribution in [0.4, 0.5) is 5.13 Å². The summed E-state index contributed by atoms with van der Waals surface area (Å²) in [7, 11) is 4.28. The summed E-state index contributed by atoms with van der Waals surface area (Å²) < 4.78 is 25.2. The SMILES string of the molecule is CC.CC=O.CCCCC/C=C\C(C)C(C)NCCCNC(=O)CNC=O.CNC(CN1Cc2ccccc2S1=O)C(C)(C)C.COc1ccc2c(OC)cc(-c3csc(NC(C)C)n3)nc2c1.O=CO. The molecule has 0 saturated heterocycles. The Hall–Kier alpha value is -5.27. The van der Waals surface area contributed by atoms with Gasteiger partial charge in [-0.15, -0.1) is 11.3 Å². The second-order valence-corrected chi connectivity index (χ2v) is 19.7. The average molecular weight is 1030 g/mol. The molecular formula is C53H86N8O8S2. The zero-order chi connectivity index (χ0) is 53.8. The first-order valence-electron chi connectivity index (χ1n) is 24.5. The molecule has 4 aromatic rings. The van der Waals surface area contributed by atoms with Crippen molar-refractivity contribution in [3.05, 3.63) is 71.6 Å². The molecule has 1 aliphatic rings. The van der Waals surface area contributed by atoms with Crippen LogP contribution in [-0.4, -0.2) is 114 Å². The van der Waals surface area contributed by atoms with Crippen molar-refractivity contribution >= 4 is 63.4 Å². The molecule has 2 amide bonds. The number of ether oxygens (including phenoxy) is 2. The highest BCUT2D eigenvalue weighted by Crippen LogP contribution is 2.33. The number of anilines is 1. The highest BCUT2D eigenvalue weighted by Gasteiger charge is 2.32. The first-order valence-corrected chi connectivity index (χ1v) is 26.5. The molecule has 2 aromatic heterocycles. The van der Waals surface area contributed by atoms with Gasteiger partial charge in [0, 0.05) is 60.7 Å². The van der Waals surface area contributed by atoms with Crippen molar-refractivity contribution in [3.8, 4) is 22.9 Å². The van der Waals surface area contributed by atoms with Crippen molar-refractivity contribution in [1.82, 2.24) is 35.5 Å². The van der Waals surface area contributed by atoms with Gasteiger partial charge in [0.05, 0.1) is 36.9 Å². The molecule has 0 bridgehead atoms. The van der Waals surface area contributed by atoms with Crippen LogP contribution in [0.3, 0.4) is 0 Å². The number of thiazole rings is 1. The molecule has 18 heteroatoms. The third-order valence-corrected chi connectivity index (χ3v) is 12.9. The topological polar surface area (TPSA) is 213 Å². The molecule has 16 nitrogen and oxygen atoms in total. The highest BCUT2D eigenvalue weighted by atomic mass is 32.2. The number of carbonyl (C=O) groups excluding carboxylic acids is 3. The fourth-order valence-corrected chi connectivity index (χ4v) is 8.88. The van der Waals surface area contributed by atoms with Crippen molar-refractivity contribution in [3.63, 3.8) is 0 Å². The highest BCUT2D eigenvalue weighted by molar-refractivity contribution is 7.83. The molecule has 71 heavy (non-hydrogen) atoms. The van der Waals surface area contributed by atoms with Crippen LogP contribution in [0.25, 0.3) is 22.3 Å². The van der Waals surface area contributed by atoms with E-state index in [0.29, 0.717) is 37.0 Å². The molecule has 6 N–H and O–H groups in total. The number of hydrogen-bond donors (Lipinski definition) is 6. The van der Waals surface area contributed by atoms with Gasteiger partial charge in [0.25, 0.3) is 6.47 Å². The van der Waals surface area contributed by atoms with E-state index in [1.165, 1.54) is 38.2 Å². The lowest BCUT2D eigenvalue weighted by Gasteiger charge is -2.33. The molecule has 0 spiro atoms. The lowest BCUT2D eigenvalue weighted by Crippen LogP contribution is -2.46. The summed E-state index contributed by atoms with van der Waals surface area (Å²) in [6.07, 6.45) is 11.8. The minimum absolute atomic E-state index is 0.0488. The van der Waals surface area contributed by atoms with Crippen LogP contribution in [0.2, 0.25) is 0 Å². The summed E-state index contributed by atoms with van der Waals surface area (Å²) in [6.45, 7) is 25.8. The van der Waals surface area contributed by atoms with Crippen LogP contribution in [-0.2, 0) is 36.7 Å². The number of likely N-dealkylation sites (N-methyl/N-ethyl adjacent to an activating group) is 1. The quantitative estimate of drug-likeness (QED) is 0.0246. The van der Waals surface area contributed by atoms with Crippen LogP contribution in [0, 0.1) is 11.3 Å². The number of fused-ring (bicyclic) bond motifs is 2. The summed E-state index contributed by atoms with van der Waals surface area (Å²) >= 11 is 1.57.